The third-order valence-electron chi connectivity index (χ3n) is 3.98. The zero-order valence-corrected chi connectivity index (χ0v) is 13.4. The average Bonchev–Trinajstić information content (AvgIpc) is 2.80. The van der Waals surface area contributed by atoms with Crippen LogP contribution in [-0.2, 0) is 9.59 Å². The van der Waals surface area contributed by atoms with E-state index >= 15 is 0 Å². The van der Waals surface area contributed by atoms with Crippen molar-refractivity contribution in [3.05, 3.63) is 41.6 Å². The molecule has 0 aromatic heterocycles. The molecule has 1 atom stereocenters. The lowest BCUT2D eigenvalue weighted by Crippen LogP contribution is -2.51. The van der Waals surface area contributed by atoms with Gasteiger partial charge >= 0.3 is 0 Å². The predicted octanol–water partition coefficient (Wildman–Crippen LogP) is 1.25. The van der Waals surface area contributed by atoms with Crippen LogP contribution >= 0.6 is 11.6 Å². The molecular formula is C16H14ClN3O4. The van der Waals surface area contributed by atoms with E-state index in [4.69, 9.17) is 11.6 Å². The average molecular weight is 348 g/mol. The lowest BCUT2D eigenvalue weighted by atomic mass is 10.0. The molecule has 1 aromatic carbocycles. The Balaban J connectivity index is 1.97. The Morgan fingerprint density at radius 1 is 1.33 bits per heavy atom. The van der Waals surface area contributed by atoms with Crippen LogP contribution in [0.25, 0.3) is 0 Å². The quantitative estimate of drug-likeness (QED) is 0.635. The molecule has 124 valence electrons. The molecule has 7 nitrogen and oxygen atoms in total. The molecule has 0 saturated carbocycles. The Morgan fingerprint density at radius 3 is 2.75 bits per heavy atom. The van der Waals surface area contributed by atoms with E-state index in [1.165, 1.54) is 12.1 Å². The van der Waals surface area contributed by atoms with Gasteiger partial charge < -0.3 is 10.6 Å². The number of carbonyl (C=O) groups is 4. The molecule has 1 aromatic rings. The Morgan fingerprint density at radius 2 is 2.08 bits per heavy atom. The lowest BCUT2D eigenvalue weighted by Gasteiger charge is -2.29. The van der Waals surface area contributed by atoms with E-state index in [1.54, 1.807) is 6.07 Å². The fourth-order valence-electron chi connectivity index (χ4n) is 2.88. The number of nitrogens with one attached hydrogen (secondary N) is 2. The number of nitrogens with zero attached hydrogens (tertiary/aromatic N) is 1. The second kappa shape index (κ2) is 6.09. The molecule has 1 saturated heterocycles. The van der Waals surface area contributed by atoms with Crippen molar-refractivity contribution >= 4 is 40.9 Å². The smallest absolute Gasteiger partial charge is 0.264 e. The summed E-state index contributed by atoms with van der Waals surface area (Å²) in [6.45, 7) is 3.68. The summed E-state index contributed by atoms with van der Waals surface area (Å²) >= 11 is 5.47. The van der Waals surface area contributed by atoms with Crippen molar-refractivity contribution in [3.8, 4) is 0 Å². The standard InChI is InChI=1S/C16H14ClN3O4/c1-8-5-6-11(14(22)18-8)20-15(23)9-3-2-4-10(13(9)16(20)24)19-12(21)7-17/h2-4,11H,1,5-7H2,(H,18,22)(H,19,21). The van der Waals surface area contributed by atoms with Crippen molar-refractivity contribution in [1.82, 2.24) is 10.2 Å². The van der Waals surface area contributed by atoms with Crippen molar-refractivity contribution in [3.63, 3.8) is 0 Å². The topological polar surface area (TPSA) is 95.6 Å². The number of carbonyl (C=O) groups excluding carboxylic acids is 4. The van der Waals surface area contributed by atoms with Crippen LogP contribution < -0.4 is 10.6 Å². The van der Waals surface area contributed by atoms with Crippen LogP contribution in [0.4, 0.5) is 5.69 Å². The summed E-state index contributed by atoms with van der Waals surface area (Å²) in [6, 6.07) is 3.67. The van der Waals surface area contributed by atoms with Crippen molar-refractivity contribution in [1.29, 1.82) is 0 Å². The van der Waals surface area contributed by atoms with Gasteiger partial charge in [0.1, 0.15) is 11.9 Å². The van der Waals surface area contributed by atoms with Gasteiger partial charge in [-0.05, 0) is 25.0 Å². The van der Waals surface area contributed by atoms with E-state index in [0.717, 1.165) is 4.90 Å². The van der Waals surface area contributed by atoms with Crippen molar-refractivity contribution in [2.24, 2.45) is 0 Å². The summed E-state index contributed by atoms with van der Waals surface area (Å²) in [6.07, 6.45) is 0.805. The summed E-state index contributed by atoms with van der Waals surface area (Å²) in [4.78, 5) is 49.9. The highest BCUT2D eigenvalue weighted by atomic mass is 35.5. The molecule has 8 heteroatoms. The molecule has 24 heavy (non-hydrogen) atoms. The molecule has 1 unspecified atom stereocenters. The molecule has 3 rings (SSSR count). The summed E-state index contributed by atoms with van der Waals surface area (Å²) in [5.74, 6) is -2.36. The maximum Gasteiger partial charge on any atom is 0.264 e. The van der Waals surface area contributed by atoms with Crippen molar-refractivity contribution < 1.29 is 19.2 Å². The van der Waals surface area contributed by atoms with E-state index in [-0.39, 0.29) is 22.7 Å². The fraction of sp³-hybridized carbons (Fsp3) is 0.250. The molecule has 1 fully saturated rings. The van der Waals surface area contributed by atoms with Gasteiger partial charge in [-0.2, -0.15) is 0 Å². The number of anilines is 1. The second-order valence-corrected chi connectivity index (χ2v) is 5.80. The van der Waals surface area contributed by atoms with Crippen LogP contribution in [0.2, 0.25) is 0 Å². The third kappa shape index (κ3) is 2.56. The number of amides is 4. The number of halogens is 1. The number of hydrogen-bond acceptors (Lipinski definition) is 4. The van der Waals surface area contributed by atoms with Gasteiger partial charge in [-0.3, -0.25) is 24.1 Å². The minimum absolute atomic E-state index is 0.0816. The summed E-state index contributed by atoms with van der Waals surface area (Å²) in [5, 5.41) is 5.06. The van der Waals surface area contributed by atoms with E-state index in [9.17, 15) is 19.2 Å². The first-order chi connectivity index (χ1) is 11.4. The molecule has 2 N–H and O–H groups in total. The number of alkyl halides is 1. The monoisotopic (exact) mass is 347 g/mol. The van der Waals surface area contributed by atoms with E-state index in [1.807, 2.05) is 0 Å². The summed E-state index contributed by atoms with van der Waals surface area (Å²) in [7, 11) is 0. The zero-order valence-electron chi connectivity index (χ0n) is 12.6. The molecule has 0 radical (unpaired) electrons. The maximum atomic E-state index is 12.7. The van der Waals surface area contributed by atoms with Gasteiger partial charge in [0.2, 0.25) is 11.8 Å². The molecular weight excluding hydrogens is 334 g/mol. The first kappa shape index (κ1) is 16.2. The molecule has 0 aliphatic carbocycles. The number of allylic oxidation sites excluding steroid dienone is 1. The first-order valence-electron chi connectivity index (χ1n) is 7.29. The number of imide groups is 1. The van der Waals surface area contributed by atoms with Gasteiger partial charge in [-0.15, -0.1) is 11.6 Å². The van der Waals surface area contributed by atoms with Crippen LogP contribution in [0, 0.1) is 0 Å². The number of benzene rings is 1. The van der Waals surface area contributed by atoms with E-state index < -0.39 is 29.7 Å². The van der Waals surface area contributed by atoms with Crippen LogP contribution in [0.3, 0.4) is 0 Å². The highest BCUT2D eigenvalue weighted by Crippen LogP contribution is 2.32. The third-order valence-corrected chi connectivity index (χ3v) is 4.22. The fourth-order valence-corrected chi connectivity index (χ4v) is 2.95. The minimum Gasteiger partial charge on any atom is -0.329 e. The number of fused-ring (bicyclic) bond motifs is 1. The van der Waals surface area contributed by atoms with Gasteiger partial charge in [0.25, 0.3) is 11.8 Å². The van der Waals surface area contributed by atoms with Gasteiger partial charge in [0.05, 0.1) is 16.8 Å². The van der Waals surface area contributed by atoms with Crippen molar-refractivity contribution in [2.75, 3.05) is 11.2 Å². The molecule has 2 aliphatic heterocycles. The zero-order chi connectivity index (χ0) is 17.4. The largest absolute Gasteiger partial charge is 0.329 e. The molecule has 4 amide bonds. The van der Waals surface area contributed by atoms with Gasteiger partial charge in [-0.1, -0.05) is 12.6 Å². The second-order valence-electron chi connectivity index (χ2n) is 5.54. The van der Waals surface area contributed by atoms with E-state index in [0.29, 0.717) is 18.5 Å². The number of piperidine rings is 1. The SMILES string of the molecule is C=C1CCC(N2C(=O)c3cccc(NC(=O)CCl)c3C2=O)C(=O)N1. The summed E-state index contributed by atoms with van der Waals surface area (Å²) < 4.78 is 0. The Kier molecular flexibility index (Phi) is 4.11. The molecule has 0 bridgehead atoms. The van der Waals surface area contributed by atoms with Crippen molar-refractivity contribution in [2.45, 2.75) is 18.9 Å². The van der Waals surface area contributed by atoms with Gasteiger partial charge in [0, 0.05) is 5.70 Å². The first-order valence-corrected chi connectivity index (χ1v) is 7.83. The summed E-state index contributed by atoms with van der Waals surface area (Å²) in [5.41, 5.74) is 1.00. The highest BCUT2D eigenvalue weighted by molar-refractivity contribution is 6.30. The molecule has 2 heterocycles. The van der Waals surface area contributed by atoms with E-state index in [2.05, 4.69) is 17.2 Å². The Hall–Kier alpha value is -2.67. The number of rotatable bonds is 3. The maximum absolute atomic E-state index is 12.7. The molecule has 0 spiro atoms. The van der Waals surface area contributed by atoms with Crippen LogP contribution in [0.15, 0.2) is 30.5 Å². The number of hydrogen-bond donors (Lipinski definition) is 2. The van der Waals surface area contributed by atoms with Gasteiger partial charge in [0.15, 0.2) is 0 Å². The Labute approximate surface area is 142 Å². The van der Waals surface area contributed by atoms with Gasteiger partial charge in [-0.25, -0.2) is 0 Å². The lowest BCUT2D eigenvalue weighted by molar-refractivity contribution is -0.125. The van der Waals surface area contributed by atoms with Crippen LogP contribution in [0.5, 0.6) is 0 Å². The van der Waals surface area contributed by atoms with Crippen LogP contribution in [0.1, 0.15) is 33.6 Å². The normalized spacial score (nSPS) is 20.0. The Bertz CT molecular complexity index is 790. The van der Waals surface area contributed by atoms with Crippen LogP contribution in [-0.4, -0.2) is 40.5 Å². The highest BCUT2D eigenvalue weighted by Gasteiger charge is 2.45. The molecule has 2 aliphatic rings. The minimum atomic E-state index is -0.889. The predicted molar refractivity (Wildman–Crippen MR) is 86.6 cm³/mol.